The average molecular weight is 332 g/mol. The highest BCUT2D eigenvalue weighted by molar-refractivity contribution is 7.48. The van der Waals surface area contributed by atoms with Crippen LogP contribution in [0.15, 0.2) is 12.1 Å². The van der Waals surface area contributed by atoms with Crippen molar-refractivity contribution in [2.24, 2.45) is 0 Å². The second-order valence-corrected chi connectivity index (χ2v) is 6.33. The first-order valence-corrected chi connectivity index (χ1v) is 8.07. The number of carbonyl (C=O) groups is 1. The Morgan fingerprint density at radius 3 is 2.36 bits per heavy atom. The van der Waals surface area contributed by atoms with Gasteiger partial charge in [0.05, 0.1) is 6.61 Å². The van der Waals surface area contributed by atoms with Crippen LogP contribution in [0.4, 0.5) is 0 Å². The van der Waals surface area contributed by atoms with Gasteiger partial charge in [0, 0.05) is 19.8 Å². The summed E-state index contributed by atoms with van der Waals surface area (Å²) in [6, 6.07) is 3.25. The van der Waals surface area contributed by atoms with E-state index in [4.69, 9.17) is 14.4 Å². The van der Waals surface area contributed by atoms with Crippen molar-refractivity contribution in [3.8, 4) is 5.75 Å². The van der Waals surface area contributed by atoms with E-state index in [9.17, 15) is 9.36 Å². The zero-order valence-electron chi connectivity index (χ0n) is 13.1. The molecule has 0 aliphatic carbocycles. The first-order chi connectivity index (χ1) is 10.4. The minimum Gasteiger partial charge on any atom is -0.491 e. The summed E-state index contributed by atoms with van der Waals surface area (Å²) in [5.74, 6) is 0.257. The van der Waals surface area contributed by atoms with Crippen molar-refractivity contribution >= 4 is 13.6 Å². The van der Waals surface area contributed by atoms with Crippen molar-refractivity contribution in [3.05, 3.63) is 28.8 Å². The number of aliphatic hydroxyl groups excluding tert-OH is 1. The molecular formula is C14H21O7P. The van der Waals surface area contributed by atoms with Gasteiger partial charge in [0.2, 0.25) is 0 Å². The number of phosphoric acid groups is 1. The summed E-state index contributed by atoms with van der Waals surface area (Å²) in [7, 11) is -1.32. The maximum Gasteiger partial charge on any atom is 0.474 e. The van der Waals surface area contributed by atoms with E-state index in [2.05, 4.69) is 9.05 Å². The summed E-state index contributed by atoms with van der Waals surface area (Å²) in [6.45, 7) is 3.27. The van der Waals surface area contributed by atoms with Gasteiger partial charge in [-0.1, -0.05) is 0 Å². The molecule has 0 aliphatic rings. The Bertz CT molecular complexity index is 563. The van der Waals surface area contributed by atoms with Gasteiger partial charge in [-0.2, -0.15) is 0 Å². The second-order valence-electron chi connectivity index (χ2n) is 4.44. The van der Waals surface area contributed by atoms with Crippen molar-refractivity contribution in [2.75, 3.05) is 34.0 Å². The van der Waals surface area contributed by atoms with Crippen LogP contribution in [-0.2, 0) is 18.1 Å². The lowest BCUT2D eigenvalue weighted by Gasteiger charge is -2.15. The topological polar surface area (TPSA) is 91.3 Å². The molecule has 0 fully saturated rings. The average Bonchev–Trinajstić information content (AvgIpc) is 2.53. The molecule has 0 unspecified atom stereocenters. The van der Waals surface area contributed by atoms with E-state index in [1.54, 1.807) is 19.1 Å². The molecule has 7 nitrogen and oxygen atoms in total. The monoisotopic (exact) mass is 332 g/mol. The van der Waals surface area contributed by atoms with Crippen LogP contribution in [0.2, 0.25) is 0 Å². The van der Waals surface area contributed by atoms with Crippen molar-refractivity contribution in [1.29, 1.82) is 0 Å². The number of ether oxygens (including phenoxy) is 1. The fraction of sp³-hybridized carbons (Fsp3) is 0.500. The summed E-state index contributed by atoms with van der Waals surface area (Å²) < 4.78 is 31.3. The van der Waals surface area contributed by atoms with Crippen molar-refractivity contribution in [2.45, 2.75) is 13.8 Å². The highest BCUT2D eigenvalue weighted by Crippen LogP contribution is 2.47. The van der Waals surface area contributed by atoms with Crippen LogP contribution < -0.4 is 4.74 Å². The molecule has 0 aliphatic heterocycles. The van der Waals surface area contributed by atoms with Gasteiger partial charge in [-0.15, -0.1) is 0 Å². The van der Waals surface area contributed by atoms with Crippen LogP contribution in [0, 0.1) is 13.8 Å². The van der Waals surface area contributed by atoms with Crippen molar-refractivity contribution in [3.63, 3.8) is 0 Å². The predicted molar refractivity (Wildman–Crippen MR) is 80.4 cm³/mol. The third-order valence-corrected chi connectivity index (χ3v) is 4.53. The minimum atomic E-state index is -3.68. The smallest absolute Gasteiger partial charge is 0.474 e. The molecular weight excluding hydrogens is 311 g/mol. The molecule has 0 spiro atoms. The standard InChI is InChI=1S/C14H21O7P/c1-10-11(2)14(20-8-7-15)6-5-12(10)13(16)9-21-22(17,18-3)19-4/h5-6,15H,7-9H2,1-4H3. The largest absolute Gasteiger partial charge is 0.491 e. The van der Waals surface area contributed by atoms with Gasteiger partial charge in [-0.3, -0.25) is 18.4 Å². The van der Waals surface area contributed by atoms with E-state index in [0.29, 0.717) is 11.3 Å². The quantitative estimate of drug-likeness (QED) is 0.548. The molecule has 22 heavy (non-hydrogen) atoms. The van der Waals surface area contributed by atoms with E-state index >= 15 is 0 Å². The second kappa shape index (κ2) is 8.41. The Morgan fingerprint density at radius 2 is 1.82 bits per heavy atom. The molecule has 0 bridgehead atoms. The lowest BCUT2D eigenvalue weighted by molar-refractivity contribution is 0.0856. The fourth-order valence-electron chi connectivity index (χ4n) is 1.81. The van der Waals surface area contributed by atoms with Gasteiger partial charge in [0.25, 0.3) is 0 Å². The maximum absolute atomic E-state index is 12.2. The fourth-order valence-corrected chi connectivity index (χ4v) is 2.44. The number of benzene rings is 1. The van der Waals surface area contributed by atoms with Crippen LogP contribution in [0.1, 0.15) is 21.5 Å². The Labute approximate surface area is 129 Å². The number of ketones is 1. The Kier molecular flexibility index (Phi) is 7.19. The van der Waals surface area contributed by atoms with E-state index < -0.39 is 14.4 Å². The summed E-state index contributed by atoms with van der Waals surface area (Å²) >= 11 is 0. The highest BCUT2D eigenvalue weighted by atomic mass is 31.2. The van der Waals surface area contributed by atoms with E-state index in [-0.39, 0.29) is 19.0 Å². The molecule has 124 valence electrons. The number of Topliss-reactive ketones (excluding diaryl/α,β-unsaturated/α-hetero) is 1. The first-order valence-electron chi connectivity index (χ1n) is 6.61. The molecule has 0 radical (unpaired) electrons. The van der Waals surface area contributed by atoms with Gasteiger partial charge in [-0.25, -0.2) is 4.57 Å². The lowest BCUT2D eigenvalue weighted by Crippen LogP contribution is -2.12. The molecule has 1 rings (SSSR count). The SMILES string of the molecule is COP(=O)(OC)OCC(=O)c1ccc(OCCO)c(C)c1C. The zero-order chi connectivity index (χ0) is 16.8. The number of phosphoric ester groups is 1. The number of carbonyl (C=O) groups excluding carboxylic acids is 1. The van der Waals surface area contributed by atoms with Gasteiger partial charge < -0.3 is 9.84 Å². The highest BCUT2D eigenvalue weighted by Gasteiger charge is 2.25. The molecule has 0 saturated carbocycles. The summed E-state index contributed by atoms with van der Waals surface area (Å²) in [6.07, 6.45) is 0. The number of aliphatic hydroxyl groups is 1. The van der Waals surface area contributed by atoms with E-state index in [0.717, 1.165) is 11.1 Å². The summed E-state index contributed by atoms with van der Waals surface area (Å²) in [5, 5.41) is 8.78. The Morgan fingerprint density at radius 1 is 1.18 bits per heavy atom. The van der Waals surface area contributed by atoms with Gasteiger partial charge >= 0.3 is 7.82 Å². The predicted octanol–water partition coefficient (Wildman–Crippen LogP) is 2.27. The lowest BCUT2D eigenvalue weighted by atomic mass is 9.99. The maximum atomic E-state index is 12.2. The van der Waals surface area contributed by atoms with Crippen molar-refractivity contribution in [1.82, 2.24) is 0 Å². The molecule has 0 aromatic heterocycles. The molecule has 1 aromatic carbocycles. The summed E-state index contributed by atoms with van der Waals surface area (Å²) in [5.41, 5.74) is 1.96. The summed E-state index contributed by atoms with van der Waals surface area (Å²) in [4.78, 5) is 12.2. The zero-order valence-corrected chi connectivity index (χ0v) is 14.0. The molecule has 1 aromatic rings. The number of rotatable bonds is 9. The molecule has 0 atom stereocenters. The molecule has 0 heterocycles. The van der Waals surface area contributed by atoms with Gasteiger partial charge in [0.15, 0.2) is 5.78 Å². The van der Waals surface area contributed by atoms with E-state index in [1.165, 1.54) is 14.2 Å². The normalized spacial score (nSPS) is 11.5. The van der Waals surface area contributed by atoms with Crippen LogP contribution >= 0.6 is 7.82 Å². The Hall–Kier alpha value is -1.24. The Balaban J connectivity index is 2.86. The number of hydrogen-bond acceptors (Lipinski definition) is 7. The van der Waals surface area contributed by atoms with Crippen LogP contribution in [0.3, 0.4) is 0 Å². The third kappa shape index (κ3) is 4.63. The van der Waals surface area contributed by atoms with Crippen LogP contribution in [0.25, 0.3) is 0 Å². The van der Waals surface area contributed by atoms with Crippen LogP contribution in [0.5, 0.6) is 5.75 Å². The molecule has 0 saturated heterocycles. The van der Waals surface area contributed by atoms with Crippen LogP contribution in [-0.4, -0.2) is 44.9 Å². The molecule has 0 amide bonds. The van der Waals surface area contributed by atoms with Crippen molar-refractivity contribution < 1.29 is 32.8 Å². The van der Waals surface area contributed by atoms with Gasteiger partial charge in [0.1, 0.15) is 19.0 Å². The number of hydrogen-bond donors (Lipinski definition) is 1. The van der Waals surface area contributed by atoms with Gasteiger partial charge in [-0.05, 0) is 37.1 Å². The third-order valence-electron chi connectivity index (χ3n) is 3.19. The van der Waals surface area contributed by atoms with E-state index in [1.807, 2.05) is 6.92 Å². The first kappa shape index (κ1) is 18.8. The molecule has 1 N–H and O–H groups in total. The molecule has 8 heteroatoms. The minimum absolute atomic E-state index is 0.0870.